The normalized spacial score (nSPS) is 22.8. The first-order chi connectivity index (χ1) is 6.24. The Morgan fingerprint density at radius 1 is 1.69 bits per heavy atom. The molecule has 0 unspecified atom stereocenters. The van der Waals surface area contributed by atoms with Crippen LogP contribution in [0.4, 0.5) is 0 Å². The van der Waals surface area contributed by atoms with Crippen molar-refractivity contribution in [3.05, 3.63) is 0 Å². The lowest BCUT2D eigenvalue weighted by atomic mass is 9.62. The molecule has 4 heteroatoms. The molecule has 1 amide bonds. The van der Waals surface area contributed by atoms with E-state index in [0.29, 0.717) is 0 Å². The molecule has 1 saturated heterocycles. The minimum absolute atomic E-state index is 0.00315. The van der Waals surface area contributed by atoms with Gasteiger partial charge in [0.15, 0.2) is 0 Å². The monoisotopic (exact) mass is 178 g/mol. The Kier molecular flexibility index (Phi) is 3.82. The number of nitrogens with zero attached hydrogens (tertiary/aromatic N) is 2. The van der Waals surface area contributed by atoms with Crippen LogP contribution in [0.2, 0.25) is 12.1 Å². The zero-order chi connectivity index (χ0) is 9.68. The highest BCUT2D eigenvalue weighted by molar-refractivity contribution is 6.37. The third-order valence-corrected chi connectivity index (χ3v) is 2.60. The van der Waals surface area contributed by atoms with Crippen molar-refractivity contribution in [1.82, 2.24) is 4.90 Å². The molecule has 0 aromatic rings. The quantitative estimate of drug-likeness (QED) is 0.557. The van der Waals surface area contributed by atoms with Gasteiger partial charge >= 0.3 is 0 Å². The number of hydrogen-bond acceptors (Lipinski definition) is 2. The highest BCUT2D eigenvalue weighted by atomic mass is 16.2. The summed E-state index contributed by atoms with van der Waals surface area (Å²) in [5, 5.41) is 8.39. The zero-order valence-electron chi connectivity index (χ0n) is 8.12. The summed E-state index contributed by atoms with van der Waals surface area (Å²) in [6.07, 6.45) is 2.20. The number of carbonyl (C=O) groups is 1. The summed E-state index contributed by atoms with van der Waals surface area (Å²) in [5.74, 6) is 0.719. The van der Waals surface area contributed by atoms with Gasteiger partial charge in [0.2, 0.25) is 5.91 Å². The molecule has 0 spiro atoms. The maximum absolute atomic E-state index is 11.4. The van der Waals surface area contributed by atoms with Crippen LogP contribution in [0.1, 0.15) is 19.8 Å². The number of nitriles is 1. The van der Waals surface area contributed by atoms with E-state index in [1.165, 1.54) is 7.28 Å². The van der Waals surface area contributed by atoms with Crippen LogP contribution < -0.4 is 0 Å². The van der Waals surface area contributed by atoms with E-state index in [-0.39, 0.29) is 12.3 Å². The van der Waals surface area contributed by atoms with Crippen LogP contribution in [0.25, 0.3) is 0 Å². The second-order valence-electron chi connectivity index (χ2n) is 3.75. The van der Waals surface area contributed by atoms with Crippen molar-refractivity contribution in [3.8, 4) is 6.07 Å². The fraction of sp³-hybridized carbons (Fsp3) is 0.778. The summed E-state index contributed by atoms with van der Waals surface area (Å²) >= 11 is 0. The van der Waals surface area contributed by atoms with E-state index in [1.807, 2.05) is 11.0 Å². The van der Waals surface area contributed by atoms with Gasteiger partial charge in [-0.05, 0) is 6.42 Å². The zero-order valence-corrected chi connectivity index (χ0v) is 8.12. The SMILES string of the molecule is C[C@@H]1BCCN(C(=O)CC#N)CC1. The Morgan fingerprint density at radius 2 is 2.46 bits per heavy atom. The van der Waals surface area contributed by atoms with Crippen LogP contribution in [0.3, 0.4) is 0 Å². The number of carbonyl (C=O) groups excluding carboxylic acids is 1. The maximum Gasteiger partial charge on any atom is 0.236 e. The average Bonchev–Trinajstić information content (AvgIpc) is 2.30. The molecule has 1 aliphatic heterocycles. The predicted molar refractivity (Wildman–Crippen MR) is 52.8 cm³/mol. The van der Waals surface area contributed by atoms with Crippen molar-refractivity contribution in [1.29, 1.82) is 5.26 Å². The van der Waals surface area contributed by atoms with Gasteiger partial charge in [0.05, 0.1) is 6.07 Å². The minimum atomic E-state index is -0.00315. The van der Waals surface area contributed by atoms with E-state index in [0.717, 1.165) is 31.6 Å². The second kappa shape index (κ2) is 4.91. The van der Waals surface area contributed by atoms with Crippen LogP contribution in [0, 0.1) is 11.3 Å². The lowest BCUT2D eigenvalue weighted by Gasteiger charge is -2.18. The van der Waals surface area contributed by atoms with Crippen LogP contribution in [0.15, 0.2) is 0 Å². The Balaban J connectivity index is 2.42. The van der Waals surface area contributed by atoms with Crippen molar-refractivity contribution < 1.29 is 4.79 Å². The molecule has 0 N–H and O–H groups in total. The van der Waals surface area contributed by atoms with Gasteiger partial charge in [-0.25, -0.2) is 0 Å². The summed E-state index contributed by atoms with van der Waals surface area (Å²) in [6.45, 7) is 3.89. The molecule has 1 rings (SSSR count). The van der Waals surface area contributed by atoms with E-state index >= 15 is 0 Å². The number of hydrogen-bond donors (Lipinski definition) is 0. The van der Waals surface area contributed by atoms with Crippen molar-refractivity contribution in [3.63, 3.8) is 0 Å². The second-order valence-corrected chi connectivity index (χ2v) is 3.75. The highest BCUT2D eigenvalue weighted by Crippen LogP contribution is 2.15. The lowest BCUT2D eigenvalue weighted by Crippen LogP contribution is -2.31. The largest absolute Gasteiger partial charge is 0.343 e. The topological polar surface area (TPSA) is 44.1 Å². The van der Waals surface area contributed by atoms with Crippen LogP contribution in [-0.4, -0.2) is 31.2 Å². The molecular formula is C9H15BN2O. The molecule has 1 atom stereocenters. The van der Waals surface area contributed by atoms with Crippen molar-refractivity contribution in [2.24, 2.45) is 0 Å². The third-order valence-electron chi connectivity index (χ3n) is 2.60. The summed E-state index contributed by atoms with van der Waals surface area (Å²) in [5.41, 5.74) is 0. The molecule has 1 aliphatic rings. The smallest absolute Gasteiger partial charge is 0.236 e. The molecule has 70 valence electrons. The van der Waals surface area contributed by atoms with Gasteiger partial charge in [-0.3, -0.25) is 4.79 Å². The van der Waals surface area contributed by atoms with Gasteiger partial charge < -0.3 is 4.90 Å². The Bertz CT molecular complexity index is 224. The molecule has 0 bridgehead atoms. The molecule has 0 aromatic heterocycles. The lowest BCUT2D eigenvalue weighted by molar-refractivity contribution is -0.129. The minimum Gasteiger partial charge on any atom is -0.343 e. The molecule has 0 radical (unpaired) electrons. The van der Waals surface area contributed by atoms with Crippen LogP contribution >= 0.6 is 0 Å². The number of rotatable bonds is 1. The third kappa shape index (κ3) is 3.10. The van der Waals surface area contributed by atoms with Gasteiger partial charge in [-0.15, -0.1) is 0 Å². The molecule has 0 aromatic carbocycles. The van der Waals surface area contributed by atoms with E-state index in [2.05, 4.69) is 6.92 Å². The van der Waals surface area contributed by atoms with Gasteiger partial charge in [-0.2, -0.15) is 5.26 Å². The molecular weight excluding hydrogens is 163 g/mol. The Hall–Kier alpha value is -0.975. The van der Waals surface area contributed by atoms with E-state index in [9.17, 15) is 4.79 Å². The standard InChI is InChI=1S/C9H15BN2O/c1-8-3-6-12(7-4-10-8)9(13)2-5-11/h8,10H,2-4,6-7H2,1H3/t8-/m0/s1. The molecule has 1 heterocycles. The van der Waals surface area contributed by atoms with Gasteiger partial charge in [0, 0.05) is 13.1 Å². The van der Waals surface area contributed by atoms with E-state index < -0.39 is 0 Å². The first-order valence-corrected chi connectivity index (χ1v) is 4.88. The molecule has 3 nitrogen and oxygen atoms in total. The molecule has 13 heavy (non-hydrogen) atoms. The van der Waals surface area contributed by atoms with Crippen molar-refractivity contribution in [2.75, 3.05) is 13.1 Å². The van der Waals surface area contributed by atoms with Crippen molar-refractivity contribution in [2.45, 2.75) is 31.9 Å². The first kappa shape index (κ1) is 10.1. The fourth-order valence-electron chi connectivity index (χ4n) is 1.69. The first-order valence-electron chi connectivity index (χ1n) is 4.88. The Labute approximate surface area is 80.0 Å². The summed E-state index contributed by atoms with van der Waals surface area (Å²) in [7, 11) is 1.20. The summed E-state index contributed by atoms with van der Waals surface area (Å²) in [6, 6.07) is 1.91. The maximum atomic E-state index is 11.4. The molecule has 0 saturated carbocycles. The van der Waals surface area contributed by atoms with Crippen LogP contribution in [-0.2, 0) is 4.79 Å². The van der Waals surface area contributed by atoms with E-state index in [1.54, 1.807) is 0 Å². The van der Waals surface area contributed by atoms with Crippen LogP contribution in [0.5, 0.6) is 0 Å². The van der Waals surface area contributed by atoms with E-state index in [4.69, 9.17) is 5.26 Å². The summed E-state index contributed by atoms with van der Waals surface area (Å²) < 4.78 is 0. The highest BCUT2D eigenvalue weighted by Gasteiger charge is 2.18. The number of amides is 1. The average molecular weight is 178 g/mol. The fourth-order valence-corrected chi connectivity index (χ4v) is 1.69. The molecule has 0 aliphatic carbocycles. The van der Waals surface area contributed by atoms with Gasteiger partial charge in [-0.1, -0.05) is 19.1 Å². The van der Waals surface area contributed by atoms with Gasteiger partial charge in [0.1, 0.15) is 13.7 Å². The Morgan fingerprint density at radius 3 is 3.15 bits per heavy atom. The predicted octanol–water partition coefficient (Wildman–Crippen LogP) is 0.796. The molecule has 1 fully saturated rings. The van der Waals surface area contributed by atoms with Crippen molar-refractivity contribution >= 4 is 13.2 Å². The summed E-state index contributed by atoms with van der Waals surface area (Å²) in [4.78, 5) is 13.2. The van der Waals surface area contributed by atoms with Gasteiger partial charge in [0.25, 0.3) is 0 Å².